The molecule has 0 aromatic carbocycles. The van der Waals surface area contributed by atoms with E-state index >= 15 is 0 Å². The van der Waals surface area contributed by atoms with Gasteiger partial charge in [0.2, 0.25) is 5.28 Å². The summed E-state index contributed by atoms with van der Waals surface area (Å²) in [5.74, 6) is 1.34. The summed E-state index contributed by atoms with van der Waals surface area (Å²) >= 11 is 7.50. The topological polar surface area (TPSA) is 121 Å². The minimum Gasteiger partial charge on any atom is -0.467 e. The fraction of sp³-hybridized carbons (Fsp3) is 0.312. The van der Waals surface area contributed by atoms with Crippen molar-refractivity contribution in [3.8, 4) is 0 Å². The summed E-state index contributed by atoms with van der Waals surface area (Å²) < 4.78 is 6.12. The van der Waals surface area contributed by atoms with Crippen molar-refractivity contribution in [2.75, 3.05) is 11.9 Å². The van der Waals surface area contributed by atoms with Crippen molar-refractivity contribution < 1.29 is 19.4 Å². The Balaban J connectivity index is 1.90. The van der Waals surface area contributed by atoms with Crippen LogP contribution in [0.5, 0.6) is 0 Å². The summed E-state index contributed by atoms with van der Waals surface area (Å²) in [5.41, 5.74) is 1.60. The van der Waals surface area contributed by atoms with Gasteiger partial charge in [-0.25, -0.2) is 9.78 Å². The average molecular weight is 397 g/mol. The first-order valence-corrected chi connectivity index (χ1v) is 8.99. The van der Waals surface area contributed by atoms with Crippen LogP contribution >= 0.6 is 22.9 Å². The summed E-state index contributed by atoms with van der Waals surface area (Å²) in [6.45, 7) is 2.04. The third kappa shape index (κ3) is 4.06. The van der Waals surface area contributed by atoms with Gasteiger partial charge in [-0.1, -0.05) is 0 Å². The molecule has 0 fully saturated rings. The molecule has 10 heteroatoms. The molecule has 3 rings (SSSR count). The highest BCUT2D eigenvalue weighted by atomic mass is 35.5. The number of aliphatic hydroxyl groups is 1. The Labute approximate surface area is 157 Å². The quantitative estimate of drug-likeness (QED) is 0.453. The SMILES string of the molecule is Cc1c(CC(CO)NC(=O)O)sc2c(NCc3ccco3)nc(Cl)nc12. The standard InChI is InChI=1S/C16H17ClN4O4S/c1-8-11(5-9(7-22)19-16(23)24)26-13-12(8)20-15(17)21-14(13)18-6-10-3-2-4-25-10/h2-4,9,19,22H,5-7H2,1H3,(H,23,24)(H,18,20,21). The van der Waals surface area contributed by atoms with Crippen LogP contribution in [0.3, 0.4) is 0 Å². The van der Waals surface area contributed by atoms with Crippen LogP contribution in [-0.4, -0.2) is 38.9 Å². The predicted molar refractivity (Wildman–Crippen MR) is 98.9 cm³/mol. The number of thiophene rings is 1. The number of aliphatic hydroxyl groups excluding tert-OH is 1. The number of amides is 1. The van der Waals surface area contributed by atoms with Gasteiger partial charge in [0.1, 0.15) is 11.6 Å². The van der Waals surface area contributed by atoms with Gasteiger partial charge in [0.05, 0.1) is 35.7 Å². The number of hydrogen-bond donors (Lipinski definition) is 4. The summed E-state index contributed by atoms with van der Waals surface area (Å²) in [5, 5.41) is 23.9. The van der Waals surface area contributed by atoms with E-state index < -0.39 is 12.1 Å². The number of halogens is 1. The van der Waals surface area contributed by atoms with Crippen molar-refractivity contribution in [3.05, 3.63) is 39.9 Å². The van der Waals surface area contributed by atoms with Gasteiger partial charge in [0.25, 0.3) is 0 Å². The Morgan fingerprint density at radius 2 is 2.27 bits per heavy atom. The van der Waals surface area contributed by atoms with Crippen LogP contribution in [0.2, 0.25) is 5.28 Å². The van der Waals surface area contributed by atoms with Gasteiger partial charge >= 0.3 is 6.09 Å². The van der Waals surface area contributed by atoms with Gasteiger partial charge in [-0.2, -0.15) is 4.98 Å². The van der Waals surface area contributed by atoms with Crippen LogP contribution in [-0.2, 0) is 13.0 Å². The Kier molecular flexibility index (Phi) is 5.60. The molecule has 3 aromatic rings. The highest BCUT2D eigenvalue weighted by Crippen LogP contribution is 2.35. The van der Waals surface area contributed by atoms with Crippen LogP contribution in [0.15, 0.2) is 22.8 Å². The molecule has 0 aliphatic rings. The molecule has 3 heterocycles. The molecule has 0 radical (unpaired) electrons. The molecule has 4 N–H and O–H groups in total. The van der Waals surface area contributed by atoms with E-state index in [2.05, 4.69) is 20.6 Å². The lowest BCUT2D eigenvalue weighted by atomic mass is 10.1. The van der Waals surface area contributed by atoms with Gasteiger partial charge in [-0.05, 0) is 36.2 Å². The largest absolute Gasteiger partial charge is 0.467 e. The zero-order chi connectivity index (χ0) is 18.7. The second-order valence-corrected chi connectivity index (χ2v) is 7.08. The molecule has 1 unspecified atom stereocenters. The fourth-order valence-corrected chi connectivity index (χ4v) is 4.02. The van der Waals surface area contributed by atoms with E-state index in [1.807, 2.05) is 13.0 Å². The average Bonchev–Trinajstić information content (AvgIpc) is 3.21. The van der Waals surface area contributed by atoms with Crippen LogP contribution in [0.1, 0.15) is 16.2 Å². The zero-order valence-corrected chi connectivity index (χ0v) is 15.4. The first kappa shape index (κ1) is 18.4. The second-order valence-electron chi connectivity index (χ2n) is 5.64. The number of aromatic nitrogens is 2. The Bertz CT molecular complexity index is 913. The summed E-state index contributed by atoms with van der Waals surface area (Å²) in [7, 11) is 0. The van der Waals surface area contributed by atoms with Crippen LogP contribution in [0, 0.1) is 6.92 Å². The van der Waals surface area contributed by atoms with Gasteiger partial charge < -0.3 is 25.3 Å². The lowest BCUT2D eigenvalue weighted by molar-refractivity contribution is 0.177. The number of rotatable bonds is 7. The molecule has 0 saturated carbocycles. The number of anilines is 1. The van der Waals surface area contributed by atoms with E-state index in [-0.39, 0.29) is 11.9 Å². The van der Waals surface area contributed by atoms with Crippen LogP contribution < -0.4 is 10.6 Å². The fourth-order valence-electron chi connectivity index (χ4n) is 2.56. The molecule has 1 amide bonds. The molecule has 26 heavy (non-hydrogen) atoms. The van der Waals surface area contributed by atoms with Crippen molar-refractivity contribution >= 4 is 45.1 Å². The summed E-state index contributed by atoms with van der Waals surface area (Å²) in [6, 6.07) is 3.06. The Morgan fingerprint density at radius 3 is 2.92 bits per heavy atom. The molecule has 1 atom stereocenters. The third-order valence-corrected chi connectivity index (χ3v) is 5.31. The maximum atomic E-state index is 10.8. The Hall–Kier alpha value is -2.36. The summed E-state index contributed by atoms with van der Waals surface area (Å²) in [4.78, 5) is 20.3. The minimum atomic E-state index is -1.17. The molecular weight excluding hydrogens is 380 g/mol. The van der Waals surface area contributed by atoms with E-state index in [1.54, 1.807) is 12.3 Å². The van der Waals surface area contributed by atoms with Crippen LogP contribution in [0.25, 0.3) is 10.2 Å². The number of hydrogen-bond acceptors (Lipinski definition) is 7. The molecule has 0 aliphatic carbocycles. The third-order valence-electron chi connectivity index (χ3n) is 3.83. The summed E-state index contributed by atoms with van der Waals surface area (Å²) in [6.07, 6.45) is 0.772. The van der Waals surface area contributed by atoms with Crippen molar-refractivity contribution in [1.29, 1.82) is 0 Å². The monoisotopic (exact) mass is 396 g/mol. The van der Waals surface area contributed by atoms with E-state index in [4.69, 9.17) is 21.1 Å². The van der Waals surface area contributed by atoms with Crippen molar-refractivity contribution in [2.24, 2.45) is 0 Å². The predicted octanol–water partition coefficient (Wildman–Crippen LogP) is 3.03. The number of nitrogens with one attached hydrogen (secondary N) is 2. The number of nitrogens with zero attached hydrogens (tertiary/aromatic N) is 2. The number of carbonyl (C=O) groups is 1. The number of furan rings is 1. The number of fused-ring (bicyclic) bond motifs is 1. The van der Waals surface area contributed by atoms with E-state index in [1.165, 1.54) is 11.3 Å². The highest BCUT2D eigenvalue weighted by Gasteiger charge is 2.19. The lowest BCUT2D eigenvalue weighted by Crippen LogP contribution is -2.38. The molecule has 138 valence electrons. The number of aryl methyl sites for hydroxylation is 1. The first-order chi connectivity index (χ1) is 12.5. The smallest absolute Gasteiger partial charge is 0.404 e. The van der Waals surface area contributed by atoms with Crippen molar-refractivity contribution in [3.63, 3.8) is 0 Å². The van der Waals surface area contributed by atoms with E-state index in [9.17, 15) is 9.90 Å². The molecule has 8 nitrogen and oxygen atoms in total. The van der Waals surface area contributed by atoms with Gasteiger partial charge in [0.15, 0.2) is 0 Å². The van der Waals surface area contributed by atoms with Crippen molar-refractivity contribution in [2.45, 2.75) is 25.9 Å². The Morgan fingerprint density at radius 1 is 1.46 bits per heavy atom. The van der Waals surface area contributed by atoms with E-state index in [0.717, 1.165) is 20.9 Å². The number of carboxylic acid groups (broad SMARTS) is 1. The first-order valence-electron chi connectivity index (χ1n) is 7.80. The van der Waals surface area contributed by atoms with Gasteiger partial charge in [-0.15, -0.1) is 11.3 Å². The maximum Gasteiger partial charge on any atom is 0.404 e. The molecule has 0 bridgehead atoms. The maximum absolute atomic E-state index is 10.8. The lowest BCUT2D eigenvalue weighted by Gasteiger charge is -2.13. The molecule has 0 spiro atoms. The highest BCUT2D eigenvalue weighted by molar-refractivity contribution is 7.19. The van der Waals surface area contributed by atoms with Gasteiger partial charge in [0, 0.05) is 11.3 Å². The zero-order valence-electron chi connectivity index (χ0n) is 13.8. The molecular formula is C16H17ClN4O4S. The second kappa shape index (κ2) is 7.90. The molecule has 3 aromatic heterocycles. The molecule has 0 saturated heterocycles. The van der Waals surface area contributed by atoms with E-state index in [0.29, 0.717) is 24.3 Å². The van der Waals surface area contributed by atoms with Crippen LogP contribution in [0.4, 0.5) is 10.6 Å². The van der Waals surface area contributed by atoms with Crippen molar-refractivity contribution in [1.82, 2.24) is 15.3 Å². The van der Waals surface area contributed by atoms with Gasteiger partial charge in [-0.3, -0.25) is 0 Å². The normalized spacial score (nSPS) is 12.3. The minimum absolute atomic E-state index is 0.120. The molecule has 0 aliphatic heterocycles.